The van der Waals surface area contributed by atoms with Gasteiger partial charge in [-0.2, -0.15) is 5.26 Å². The van der Waals surface area contributed by atoms with Gasteiger partial charge >= 0.3 is 0 Å². The van der Waals surface area contributed by atoms with Crippen molar-refractivity contribution in [3.05, 3.63) is 41.1 Å². The highest BCUT2D eigenvalue weighted by molar-refractivity contribution is 5.84. The fourth-order valence-electron chi connectivity index (χ4n) is 1.59. The first-order chi connectivity index (χ1) is 7.26. The molecule has 15 heavy (non-hydrogen) atoms. The average molecular weight is 198 g/mol. The molecule has 1 N–H and O–H groups in total. The lowest BCUT2D eigenvalue weighted by atomic mass is 10.1. The summed E-state index contributed by atoms with van der Waals surface area (Å²) in [4.78, 5) is 4.29. The number of aromatic nitrogens is 1. The summed E-state index contributed by atoms with van der Waals surface area (Å²) >= 11 is 0. The first kappa shape index (κ1) is 9.63. The van der Waals surface area contributed by atoms with E-state index in [9.17, 15) is 0 Å². The highest BCUT2D eigenvalue weighted by Crippen LogP contribution is 2.19. The van der Waals surface area contributed by atoms with Crippen LogP contribution in [-0.4, -0.2) is 10.1 Å². The van der Waals surface area contributed by atoms with Gasteiger partial charge in [-0.25, -0.2) is 4.98 Å². The second kappa shape index (κ2) is 3.68. The minimum atomic E-state index is -0.0957. The first-order valence-corrected chi connectivity index (χ1v) is 4.66. The molecule has 0 aliphatic rings. The minimum Gasteiger partial charge on any atom is -0.390 e. The third-order valence-corrected chi connectivity index (χ3v) is 2.41. The Labute approximate surface area is 87.6 Å². The van der Waals surface area contributed by atoms with Crippen LogP contribution in [0.5, 0.6) is 0 Å². The molecule has 0 aliphatic heterocycles. The molecule has 1 aromatic heterocycles. The maximum absolute atomic E-state index is 9.10. The summed E-state index contributed by atoms with van der Waals surface area (Å²) in [5, 5.41) is 18.9. The Morgan fingerprint density at radius 2 is 2.27 bits per heavy atom. The van der Waals surface area contributed by atoms with E-state index in [2.05, 4.69) is 11.1 Å². The molecule has 74 valence electrons. The van der Waals surface area contributed by atoms with Gasteiger partial charge in [0.25, 0.3) is 0 Å². The van der Waals surface area contributed by atoms with Crippen molar-refractivity contribution >= 4 is 10.9 Å². The number of pyridine rings is 1. The number of aliphatic hydroxyl groups is 1. The number of hydrogen-bond donors (Lipinski definition) is 1. The number of nitrogens with zero attached hydrogens (tertiary/aromatic N) is 2. The van der Waals surface area contributed by atoms with E-state index in [-0.39, 0.29) is 6.61 Å². The van der Waals surface area contributed by atoms with E-state index < -0.39 is 0 Å². The lowest BCUT2D eigenvalue weighted by Crippen LogP contribution is -1.95. The maximum atomic E-state index is 9.10. The Morgan fingerprint density at radius 1 is 1.47 bits per heavy atom. The normalized spacial score (nSPS) is 10.2. The van der Waals surface area contributed by atoms with Crippen molar-refractivity contribution in [3.63, 3.8) is 0 Å². The van der Waals surface area contributed by atoms with Gasteiger partial charge in [-0.1, -0.05) is 12.1 Å². The van der Waals surface area contributed by atoms with Gasteiger partial charge in [0.15, 0.2) is 0 Å². The van der Waals surface area contributed by atoms with E-state index in [1.165, 1.54) is 0 Å². The minimum absolute atomic E-state index is 0.0957. The molecule has 2 rings (SSSR count). The van der Waals surface area contributed by atoms with Gasteiger partial charge in [-0.3, -0.25) is 0 Å². The van der Waals surface area contributed by atoms with Crippen molar-refractivity contribution in [2.45, 2.75) is 13.5 Å². The summed E-state index contributed by atoms with van der Waals surface area (Å²) < 4.78 is 0. The lowest BCUT2D eigenvalue weighted by Gasteiger charge is -2.05. The number of para-hydroxylation sites is 1. The Bertz CT molecular complexity index is 555. The van der Waals surface area contributed by atoms with Gasteiger partial charge in [-0.05, 0) is 24.6 Å². The van der Waals surface area contributed by atoms with E-state index in [0.29, 0.717) is 16.8 Å². The fraction of sp³-hybridized carbons (Fsp3) is 0.167. The second-order valence-corrected chi connectivity index (χ2v) is 3.40. The first-order valence-electron chi connectivity index (χ1n) is 4.66. The monoisotopic (exact) mass is 198 g/mol. The predicted octanol–water partition coefficient (Wildman–Crippen LogP) is 1.91. The molecule has 3 nitrogen and oxygen atoms in total. The molecule has 0 saturated heterocycles. The van der Waals surface area contributed by atoms with Gasteiger partial charge in [0.1, 0.15) is 6.07 Å². The third-order valence-electron chi connectivity index (χ3n) is 2.41. The molecule has 0 radical (unpaired) electrons. The number of benzene rings is 1. The van der Waals surface area contributed by atoms with Gasteiger partial charge in [0.2, 0.25) is 0 Å². The summed E-state index contributed by atoms with van der Waals surface area (Å²) in [6.07, 6.45) is 0. The second-order valence-electron chi connectivity index (χ2n) is 3.40. The molecule has 0 fully saturated rings. The molecular formula is C12H10N2O. The van der Waals surface area contributed by atoms with Crippen LogP contribution in [0.15, 0.2) is 24.3 Å². The topological polar surface area (TPSA) is 56.9 Å². The van der Waals surface area contributed by atoms with Crippen LogP contribution >= 0.6 is 0 Å². The van der Waals surface area contributed by atoms with E-state index >= 15 is 0 Å². The van der Waals surface area contributed by atoms with Gasteiger partial charge in [0.05, 0.1) is 23.4 Å². The highest BCUT2D eigenvalue weighted by Gasteiger charge is 2.05. The summed E-state index contributed by atoms with van der Waals surface area (Å²) in [6, 6.07) is 9.51. The molecule has 1 aromatic carbocycles. The van der Waals surface area contributed by atoms with Crippen molar-refractivity contribution in [2.24, 2.45) is 0 Å². The van der Waals surface area contributed by atoms with E-state index in [1.807, 2.05) is 25.1 Å². The molecule has 3 heteroatoms. The van der Waals surface area contributed by atoms with Crippen molar-refractivity contribution in [3.8, 4) is 6.07 Å². The molecule has 0 unspecified atom stereocenters. The van der Waals surface area contributed by atoms with E-state index in [0.717, 1.165) is 10.9 Å². The van der Waals surface area contributed by atoms with E-state index in [1.54, 1.807) is 6.07 Å². The molecule has 0 saturated carbocycles. The number of rotatable bonds is 1. The molecule has 0 atom stereocenters. The Morgan fingerprint density at radius 3 is 2.93 bits per heavy atom. The Kier molecular flexibility index (Phi) is 2.36. The average Bonchev–Trinajstić information content (AvgIpc) is 2.27. The molecular weight excluding hydrogens is 188 g/mol. The fourth-order valence-corrected chi connectivity index (χ4v) is 1.59. The zero-order valence-electron chi connectivity index (χ0n) is 8.36. The van der Waals surface area contributed by atoms with Crippen LogP contribution in [0.3, 0.4) is 0 Å². The van der Waals surface area contributed by atoms with Crippen LogP contribution in [0.1, 0.15) is 16.8 Å². The Balaban J connectivity index is 2.83. The van der Waals surface area contributed by atoms with Crippen molar-refractivity contribution in [1.82, 2.24) is 4.98 Å². The third kappa shape index (κ3) is 1.56. The maximum Gasteiger partial charge on any atom is 0.101 e. The van der Waals surface area contributed by atoms with Crippen LogP contribution in [0.25, 0.3) is 10.9 Å². The van der Waals surface area contributed by atoms with E-state index in [4.69, 9.17) is 10.4 Å². The number of aryl methyl sites for hydroxylation is 1. The largest absolute Gasteiger partial charge is 0.390 e. The summed E-state index contributed by atoms with van der Waals surface area (Å²) in [5.74, 6) is 0. The molecule has 0 bridgehead atoms. The van der Waals surface area contributed by atoms with Crippen LogP contribution in [0, 0.1) is 18.3 Å². The quantitative estimate of drug-likeness (QED) is 0.761. The Hall–Kier alpha value is -1.92. The van der Waals surface area contributed by atoms with Crippen LogP contribution in [0.2, 0.25) is 0 Å². The molecule has 2 aromatic rings. The van der Waals surface area contributed by atoms with Crippen LogP contribution < -0.4 is 0 Å². The van der Waals surface area contributed by atoms with Crippen molar-refractivity contribution < 1.29 is 5.11 Å². The number of hydrogen-bond acceptors (Lipinski definition) is 3. The number of nitriles is 1. The summed E-state index contributed by atoms with van der Waals surface area (Å²) in [5.41, 5.74) is 2.78. The van der Waals surface area contributed by atoms with Crippen molar-refractivity contribution in [1.29, 1.82) is 5.26 Å². The smallest absolute Gasteiger partial charge is 0.101 e. The highest BCUT2D eigenvalue weighted by atomic mass is 16.3. The number of aliphatic hydroxyl groups excluding tert-OH is 1. The summed E-state index contributed by atoms with van der Waals surface area (Å²) in [7, 11) is 0. The molecule has 0 aliphatic carbocycles. The van der Waals surface area contributed by atoms with Gasteiger partial charge < -0.3 is 5.11 Å². The van der Waals surface area contributed by atoms with Crippen LogP contribution in [-0.2, 0) is 6.61 Å². The van der Waals surface area contributed by atoms with Gasteiger partial charge in [-0.15, -0.1) is 0 Å². The standard InChI is InChI=1S/C12H10N2O/c1-8-5-9-3-2-4-10(6-13)12(9)14-11(8)7-15/h2-5,15H,7H2,1H3. The summed E-state index contributed by atoms with van der Waals surface area (Å²) in [6.45, 7) is 1.80. The zero-order chi connectivity index (χ0) is 10.8. The number of fused-ring (bicyclic) bond motifs is 1. The molecule has 1 heterocycles. The van der Waals surface area contributed by atoms with Crippen LogP contribution in [0.4, 0.5) is 0 Å². The zero-order valence-corrected chi connectivity index (χ0v) is 8.36. The predicted molar refractivity (Wildman–Crippen MR) is 57.1 cm³/mol. The lowest BCUT2D eigenvalue weighted by molar-refractivity contribution is 0.276. The van der Waals surface area contributed by atoms with Gasteiger partial charge in [0, 0.05) is 5.39 Å². The SMILES string of the molecule is Cc1cc2cccc(C#N)c2nc1CO. The van der Waals surface area contributed by atoms with Crippen molar-refractivity contribution in [2.75, 3.05) is 0 Å². The molecule has 0 spiro atoms. The molecule has 0 amide bonds.